The van der Waals surface area contributed by atoms with Gasteiger partial charge in [0.2, 0.25) is 0 Å². The maximum atomic E-state index is 5.57. The van der Waals surface area contributed by atoms with Gasteiger partial charge in [-0.15, -0.1) is 11.3 Å². The summed E-state index contributed by atoms with van der Waals surface area (Å²) in [7, 11) is 0. The molecule has 1 aliphatic rings. The van der Waals surface area contributed by atoms with Crippen LogP contribution in [0, 0.1) is 0 Å². The molecule has 0 saturated heterocycles. The van der Waals surface area contributed by atoms with Crippen LogP contribution < -0.4 is 0 Å². The Morgan fingerprint density at radius 2 is 1.24 bits per heavy atom. The number of thiophene rings is 1. The molecule has 0 radical (unpaired) electrons. The normalized spacial score (nSPS) is 13.7. The molecule has 2 nitrogen and oxygen atoms in total. The molecule has 0 saturated carbocycles. The maximum absolute atomic E-state index is 5.57. The third-order valence-corrected chi connectivity index (χ3v) is 12.1. The van der Waals surface area contributed by atoms with Gasteiger partial charge in [0.1, 0.15) is 5.82 Å². The molecule has 0 atom stereocenters. The first-order chi connectivity index (χ1) is 24.0. The van der Waals surface area contributed by atoms with Crippen molar-refractivity contribution in [3.05, 3.63) is 157 Å². The van der Waals surface area contributed by atoms with Crippen LogP contribution in [0.25, 0.3) is 91.7 Å². The molecule has 0 N–H and O–H groups in total. The van der Waals surface area contributed by atoms with Gasteiger partial charge in [-0.25, -0.2) is 4.98 Å². The van der Waals surface area contributed by atoms with Crippen LogP contribution in [0.4, 0.5) is 0 Å². The third kappa shape index (κ3) is 3.68. The predicted octanol–water partition coefficient (Wildman–Crippen LogP) is 12.8. The van der Waals surface area contributed by atoms with Crippen molar-refractivity contribution in [2.45, 2.75) is 19.3 Å². The average Bonchev–Trinajstić information content (AvgIpc) is 3.75. The second-order valence-electron chi connectivity index (χ2n) is 14.0. The Hall–Kier alpha value is -5.77. The van der Waals surface area contributed by atoms with Crippen LogP contribution in [0.15, 0.2) is 146 Å². The lowest BCUT2D eigenvalue weighted by molar-refractivity contribution is 0.661. The summed E-state index contributed by atoms with van der Waals surface area (Å²) in [4.78, 5) is 5.57. The van der Waals surface area contributed by atoms with E-state index in [9.17, 15) is 0 Å². The summed E-state index contributed by atoms with van der Waals surface area (Å²) in [5.41, 5.74) is 11.1. The van der Waals surface area contributed by atoms with Gasteiger partial charge in [0.05, 0.1) is 16.6 Å². The second kappa shape index (κ2) is 9.65. The second-order valence-corrected chi connectivity index (χ2v) is 15.0. The molecule has 0 unspecified atom stereocenters. The highest BCUT2D eigenvalue weighted by atomic mass is 32.1. The van der Waals surface area contributed by atoms with E-state index >= 15 is 0 Å². The van der Waals surface area contributed by atoms with Crippen LogP contribution in [0.3, 0.4) is 0 Å². The molecule has 3 aromatic heterocycles. The van der Waals surface area contributed by atoms with Crippen molar-refractivity contribution in [3.63, 3.8) is 0 Å². The Morgan fingerprint density at radius 1 is 0.490 bits per heavy atom. The molecule has 3 heterocycles. The standard InChI is InChI=1S/C46H30N2S/c1-46(2)38-16-8-5-13-30(38)35-24-36-31-14-6-9-17-40(31)48(41(36)26-39(35)46)44-25-34(33-21-19-27-11-3-4-12-29(27)45(33)47-44)28-20-22-43-37(23-28)32-15-7-10-18-42(32)49-43/h3-26H,1-2H3. The number of pyridine rings is 1. The lowest BCUT2D eigenvalue weighted by Crippen LogP contribution is -2.15. The highest BCUT2D eigenvalue weighted by Gasteiger charge is 2.36. The fraction of sp³-hybridized carbons (Fsp3) is 0.0652. The van der Waals surface area contributed by atoms with Gasteiger partial charge in [0.15, 0.2) is 0 Å². The Morgan fingerprint density at radius 3 is 2.16 bits per heavy atom. The predicted molar refractivity (Wildman–Crippen MR) is 209 cm³/mol. The molecule has 7 aromatic carbocycles. The van der Waals surface area contributed by atoms with E-state index in [1.807, 2.05) is 11.3 Å². The quantitative estimate of drug-likeness (QED) is 0.172. The maximum Gasteiger partial charge on any atom is 0.138 e. The lowest BCUT2D eigenvalue weighted by Gasteiger charge is -2.21. The number of benzene rings is 7. The molecule has 0 bridgehead atoms. The highest BCUT2D eigenvalue weighted by molar-refractivity contribution is 7.25. The zero-order valence-corrected chi connectivity index (χ0v) is 28.0. The van der Waals surface area contributed by atoms with Crippen LogP contribution in [-0.2, 0) is 5.41 Å². The van der Waals surface area contributed by atoms with Crippen LogP contribution in [0.1, 0.15) is 25.0 Å². The number of nitrogens with zero attached hydrogens (tertiary/aromatic N) is 2. The number of aromatic nitrogens is 2. The molecule has 0 spiro atoms. The minimum absolute atomic E-state index is 0.0989. The smallest absolute Gasteiger partial charge is 0.138 e. The Balaban J connectivity index is 1.26. The van der Waals surface area contributed by atoms with Gasteiger partial charge in [-0.05, 0) is 81.2 Å². The monoisotopic (exact) mass is 642 g/mol. The van der Waals surface area contributed by atoms with Crippen molar-refractivity contribution in [1.29, 1.82) is 0 Å². The molecule has 0 amide bonds. The Kier molecular flexibility index (Phi) is 5.36. The summed E-state index contributed by atoms with van der Waals surface area (Å²) < 4.78 is 5.05. The SMILES string of the molecule is CC1(C)c2ccccc2-c2cc3c4ccccc4n(-c4cc(-c5ccc6sc7ccccc7c6c5)c5ccc6ccccc6c5n4)c3cc21. The van der Waals surface area contributed by atoms with E-state index in [-0.39, 0.29) is 5.41 Å². The summed E-state index contributed by atoms with van der Waals surface area (Å²) >= 11 is 1.86. The molecule has 0 aliphatic heterocycles. The van der Waals surface area contributed by atoms with E-state index in [1.54, 1.807) is 0 Å². The summed E-state index contributed by atoms with van der Waals surface area (Å²) in [6, 6.07) is 53.8. The van der Waals surface area contributed by atoms with Gasteiger partial charge in [-0.3, -0.25) is 4.57 Å². The Bertz CT molecular complexity index is 3030. The number of hydrogen-bond donors (Lipinski definition) is 0. The molecular weight excluding hydrogens is 613 g/mol. The average molecular weight is 643 g/mol. The first-order valence-electron chi connectivity index (χ1n) is 17.0. The zero-order chi connectivity index (χ0) is 32.4. The molecule has 1 aliphatic carbocycles. The van der Waals surface area contributed by atoms with E-state index < -0.39 is 0 Å². The van der Waals surface area contributed by atoms with Gasteiger partial charge in [0.25, 0.3) is 0 Å². The molecular formula is C46H30N2S. The van der Waals surface area contributed by atoms with Crippen molar-refractivity contribution in [1.82, 2.24) is 9.55 Å². The minimum Gasteiger partial charge on any atom is -0.294 e. The lowest BCUT2D eigenvalue weighted by atomic mass is 9.82. The summed E-state index contributed by atoms with van der Waals surface area (Å²) in [6.07, 6.45) is 0. The van der Waals surface area contributed by atoms with Gasteiger partial charge in [-0.1, -0.05) is 117 Å². The molecule has 230 valence electrons. The fourth-order valence-corrected chi connectivity index (χ4v) is 9.69. The van der Waals surface area contributed by atoms with Crippen molar-refractivity contribution in [2.24, 2.45) is 0 Å². The van der Waals surface area contributed by atoms with Gasteiger partial charge in [-0.2, -0.15) is 0 Å². The highest BCUT2D eigenvalue weighted by Crippen LogP contribution is 2.51. The summed E-state index contributed by atoms with van der Waals surface area (Å²) in [5, 5.41) is 8.66. The van der Waals surface area contributed by atoms with Crippen LogP contribution in [0.2, 0.25) is 0 Å². The largest absolute Gasteiger partial charge is 0.294 e. The van der Waals surface area contributed by atoms with Crippen molar-refractivity contribution >= 4 is 75.0 Å². The number of rotatable bonds is 2. The van der Waals surface area contributed by atoms with Crippen LogP contribution >= 0.6 is 11.3 Å². The Labute approximate surface area is 287 Å². The van der Waals surface area contributed by atoms with Crippen molar-refractivity contribution < 1.29 is 0 Å². The molecule has 10 aromatic rings. The summed E-state index contributed by atoms with van der Waals surface area (Å²) in [5.74, 6) is 0.939. The van der Waals surface area contributed by atoms with E-state index in [4.69, 9.17) is 4.98 Å². The molecule has 11 rings (SSSR count). The van der Waals surface area contributed by atoms with E-state index in [1.165, 1.54) is 91.5 Å². The van der Waals surface area contributed by atoms with E-state index in [2.05, 4.69) is 164 Å². The number of hydrogen-bond acceptors (Lipinski definition) is 2. The minimum atomic E-state index is -0.0989. The number of fused-ring (bicyclic) bond motifs is 12. The van der Waals surface area contributed by atoms with Crippen LogP contribution in [0.5, 0.6) is 0 Å². The van der Waals surface area contributed by atoms with E-state index in [0.717, 1.165) is 11.3 Å². The first kappa shape index (κ1) is 27.2. The van der Waals surface area contributed by atoms with Crippen LogP contribution in [-0.4, -0.2) is 9.55 Å². The molecule has 49 heavy (non-hydrogen) atoms. The number of para-hydroxylation sites is 1. The zero-order valence-electron chi connectivity index (χ0n) is 27.2. The van der Waals surface area contributed by atoms with E-state index in [0.29, 0.717) is 0 Å². The molecule has 0 fully saturated rings. The van der Waals surface area contributed by atoms with Crippen molar-refractivity contribution in [3.8, 4) is 28.1 Å². The van der Waals surface area contributed by atoms with Gasteiger partial charge < -0.3 is 0 Å². The summed E-state index contributed by atoms with van der Waals surface area (Å²) in [6.45, 7) is 4.72. The topological polar surface area (TPSA) is 17.8 Å². The third-order valence-electron chi connectivity index (χ3n) is 11.0. The van der Waals surface area contributed by atoms with Crippen molar-refractivity contribution in [2.75, 3.05) is 0 Å². The fourth-order valence-electron chi connectivity index (χ4n) is 8.60. The van der Waals surface area contributed by atoms with Gasteiger partial charge >= 0.3 is 0 Å². The first-order valence-corrected chi connectivity index (χ1v) is 17.8. The molecule has 3 heteroatoms. The van der Waals surface area contributed by atoms with Gasteiger partial charge in [0, 0.05) is 47.1 Å².